The van der Waals surface area contributed by atoms with Crippen LogP contribution in [0.5, 0.6) is 0 Å². The van der Waals surface area contributed by atoms with Gasteiger partial charge in [0.2, 0.25) is 10.0 Å². The van der Waals surface area contributed by atoms with Crippen LogP contribution in [0.15, 0.2) is 35.5 Å². The molecule has 1 aromatic carbocycles. The van der Waals surface area contributed by atoms with Gasteiger partial charge in [-0.1, -0.05) is 6.07 Å². The summed E-state index contributed by atoms with van der Waals surface area (Å²) in [6.45, 7) is 0.125. The number of halogens is 1. The minimum atomic E-state index is -3.95. The monoisotopic (exact) mass is 298 g/mol. The Hall–Kier alpha value is -1.77. The summed E-state index contributed by atoms with van der Waals surface area (Å²) in [5.74, 6) is -0.279. The molecule has 108 valence electrons. The highest BCUT2D eigenvalue weighted by molar-refractivity contribution is 7.89. The molecular weight excluding hydrogens is 283 g/mol. The van der Waals surface area contributed by atoms with E-state index >= 15 is 0 Å². The number of hydrogen-bond donors (Lipinski definition) is 2. The predicted octanol–water partition coefficient (Wildman–Crippen LogP) is 0.496. The van der Waals surface area contributed by atoms with Gasteiger partial charge in [-0.15, -0.1) is 0 Å². The van der Waals surface area contributed by atoms with Gasteiger partial charge in [-0.05, 0) is 17.7 Å². The third-order valence-electron chi connectivity index (χ3n) is 2.86. The summed E-state index contributed by atoms with van der Waals surface area (Å²) in [5.41, 5.74) is 5.98. The number of nitrogens with two attached hydrogens (primary N) is 1. The Labute approximate surface area is 116 Å². The van der Waals surface area contributed by atoms with E-state index in [9.17, 15) is 12.8 Å². The molecule has 2 aromatic rings. The zero-order valence-corrected chi connectivity index (χ0v) is 11.7. The molecule has 0 bridgehead atoms. The average molecular weight is 298 g/mol. The van der Waals surface area contributed by atoms with Crippen molar-refractivity contribution in [1.82, 2.24) is 14.3 Å². The van der Waals surface area contributed by atoms with Crippen molar-refractivity contribution in [3.63, 3.8) is 0 Å². The molecule has 0 unspecified atom stereocenters. The lowest BCUT2D eigenvalue weighted by atomic mass is 10.2. The summed E-state index contributed by atoms with van der Waals surface area (Å²) >= 11 is 0. The molecule has 0 atom stereocenters. The Morgan fingerprint density at radius 1 is 1.45 bits per heavy atom. The van der Waals surface area contributed by atoms with Crippen molar-refractivity contribution in [3.05, 3.63) is 47.8 Å². The Bertz CT molecular complexity index is 712. The van der Waals surface area contributed by atoms with Crippen molar-refractivity contribution in [3.8, 4) is 0 Å². The second-order valence-corrected chi connectivity index (χ2v) is 5.98. The molecule has 0 saturated heterocycles. The molecule has 0 amide bonds. The lowest BCUT2D eigenvalue weighted by molar-refractivity contribution is 0.553. The Kier molecular flexibility index (Phi) is 4.17. The quantitative estimate of drug-likeness (QED) is 0.841. The summed E-state index contributed by atoms with van der Waals surface area (Å²) in [6, 6.07) is 3.78. The van der Waals surface area contributed by atoms with Gasteiger partial charge in [-0.2, -0.15) is 0 Å². The molecule has 0 aliphatic heterocycles. The Morgan fingerprint density at radius 3 is 2.80 bits per heavy atom. The van der Waals surface area contributed by atoms with Crippen molar-refractivity contribution in [2.75, 3.05) is 0 Å². The normalized spacial score (nSPS) is 11.8. The number of aryl methyl sites for hydroxylation is 1. The molecule has 0 aliphatic rings. The summed E-state index contributed by atoms with van der Waals surface area (Å²) in [7, 11) is -2.21. The highest BCUT2D eigenvalue weighted by Gasteiger charge is 2.19. The molecule has 1 aromatic heterocycles. The number of rotatable bonds is 5. The SMILES string of the molecule is Cn1ccnc1CNS(=O)(=O)c1cc(CN)ccc1F. The zero-order chi connectivity index (χ0) is 14.8. The number of nitrogens with zero attached hydrogens (tertiary/aromatic N) is 2. The molecule has 6 nitrogen and oxygen atoms in total. The first-order valence-corrected chi connectivity index (χ1v) is 7.36. The number of nitrogens with one attached hydrogen (secondary N) is 1. The third-order valence-corrected chi connectivity index (χ3v) is 4.28. The first-order chi connectivity index (χ1) is 9.44. The van der Waals surface area contributed by atoms with Crippen molar-refractivity contribution in [1.29, 1.82) is 0 Å². The zero-order valence-electron chi connectivity index (χ0n) is 10.9. The van der Waals surface area contributed by atoms with E-state index in [2.05, 4.69) is 9.71 Å². The molecule has 8 heteroatoms. The van der Waals surface area contributed by atoms with Gasteiger partial charge in [0.25, 0.3) is 0 Å². The van der Waals surface area contributed by atoms with Crippen molar-refractivity contribution in [2.45, 2.75) is 18.0 Å². The van der Waals surface area contributed by atoms with Gasteiger partial charge in [-0.25, -0.2) is 22.5 Å². The molecule has 0 fully saturated rings. The van der Waals surface area contributed by atoms with Gasteiger partial charge in [0.05, 0.1) is 6.54 Å². The smallest absolute Gasteiger partial charge is 0.243 e. The van der Waals surface area contributed by atoms with E-state index in [0.717, 1.165) is 6.07 Å². The fourth-order valence-electron chi connectivity index (χ4n) is 1.68. The molecule has 0 aliphatic carbocycles. The standard InChI is InChI=1S/C12H15FN4O2S/c1-17-5-4-15-12(17)8-16-20(18,19)11-6-9(7-14)2-3-10(11)13/h2-6,16H,7-8,14H2,1H3. The number of aromatic nitrogens is 2. The number of hydrogen-bond acceptors (Lipinski definition) is 4. The molecule has 2 rings (SSSR count). The van der Waals surface area contributed by atoms with Crippen LogP contribution in [0.1, 0.15) is 11.4 Å². The molecule has 0 spiro atoms. The summed E-state index contributed by atoms with van der Waals surface area (Å²) in [6.07, 6.45) is 3.25. The van der Waals surface area contributed by atoms with Gasteiger partial charge in [0.15, 0.2) is 0 Å². The fraction of sp³-hybridized carbons (Fsp3) is 0.250. The highest BCUT2D eigenvalue weighted by Crippen LogP contribution is 2.16. The molecule has 0 radical (unpaired) electrons. The largest absolute Gasteiger partial charge is 0.337 e. The van der Waals surface area contributed by atoms with Crippen LogP contribution in [0.4, 0.5) is 4.39 Å². The van der Waals surface area contributed by atoms with Gasteiger partial charge in [0.1, 0.15) is 16.5 Å². The van der Waals surface area contributed by atoms with Crippen LogP contribution in [0.2, 0.25) is 0 Å². The molecule has 20 heavy (non-hydrogen) atoms. The van der Waals surface area contributed by atoms with Crippen LogP contribution in [-0.4, -0.2) is 18.0 Å². The van der Waals surface area contributed by atoms with Gasteiger partial charge in [-0.3, -0.25) is 0 Å². The fourth-order valence-corrected chi connectivity index (χ4v) is 2.79. The molecule has 0 saturated carbocycles. The van der Waals surface area contributed by atoms with Crippen LogP contribution < -0.4 is 10.5 Å². The van der Waals surface area contributed by atoms with E-state index in [4.69, 9.17) is 5.73 Å². The Morgan fingerprint density at radius 2 is 2.20 bits per heavy atom. The van der Waals surface area contributed by atoms with E-state index in [1.807, 2.05) is 0 Å². The second kappa shape index (κ2) is 5.70. The molecular formula is C12H15FN4O2S. The first kappa shape index (κ1) is 14.6. The van der Waals surface area contributed by atoms with E-state index in [1.54, 1.807) is 24.0 Å². The minimum Gasteiger partial charge on any atom is -0.337 e. The second-order valence-electron chi connectivity index (χ2n) is 4.25. The molecule has 1 heterocycles. The van der Waals surface area contributed by atoms with Crippen molar-refractivity contribution < 1.29 is 12.8 Å². The lowest BCUT2D eigenvalue weighted by Gasteiger charge is -2.09. The van der Waals surface area contributed by atoms with Crippen LogP contribution in [0.3, 0.4) is 0 Å². The third kappa shape index (κ3) is 3.03. The van der Waals surface area contributed by atoms with Crippen LogP contribution in [-0.2, 0) is 30.2 Å². The van der Waals surface area contributed by atoms with E-state index in [-0.39, 0.29) is 13.1 Å². The number of sulfonamides is 1. The highest BCUT2D eigenvalue weighted by atomic mass is 32.2. The predicted molar refractivity (Wildman–Crippen MR) is 71.5 cm³/mol. The van der Waals surface area contributed by atoms with E-state index < -0.39 is 20.7 Å². The van der Waals surface area contributed by atoms with Crippen LogP contribution in [0.25, 0.3) is 0 Å². The maximum absolute atomic E-state index is 13.7. The van der Waals surface area contributed by atoms with Gasteiger partial charge >= 0.3 is 0 Å². The molecule has 3 N–H and O–H groups in total. The van der Waals surface area contributed by atoms with Crippen LogP contribution in [0, 0.1) is 5.82 Å². The van der Waals surface area contributed by atoms with E-state index in [0.29, 0.717) is 11.4 Å². The lowest BCUT2D eigenvalue weighted by Crippen LogP contribution is -2.25. The van der Waals surface area contributed by atoms with Gasteiger partial charge < -0.3 is 10.3 Å². The maximum Gasteiger partial charge on any atom is 0.243 e. The first-order valence-electron chi connectivity index (χ1n) is 5.88. The minimum absolute atomic E-state index is 0.0157. The van der Waals surface area contributed by atoms with Crippen LogP contribution >= 0.6 is 0 Å². The van der Waals surface area contributed by atoms with Crippen molar-refractivity contribution in [2.24, 2.45) is 12.8 Å². The van der Waals surface area contributed by atoms with E-state index in [1.165, 1.54) is 12.1 Å². The van der Waals surface area contributed by atoms with Crippen molar-refractivity contribution >= 4 is 10.0 Å². The summed E-state index contributed by atoms with van der Waals surface area (Å²) < 4.78 is 41.9. The average Bonchev–Trinajstić information content (AvgIpc) is 2.82. The van der Waals surface area contributed by atoms with Gasteiger partial charge in [0, 0.05) is 26.0 Å². The Balaban J connectivity index is 2.24. The number of benzene rings is 1. The summed E-state index contributed by atoms with van der Waals surface area (Å²) in [5, 5.41) is 0. The maximum atomic E-state index is 13.7. The summed E-state index contributed by atoms with van der Waals surface area (Å²) in [4.78, 5) is 3.58. The topological polar surface area (TPSA) is 90.0 Å². The number of imidazole rings is 1.